The van der Waals surface area contributed by atoms with Crippen LogP contribution in [0.25, 0.3) is 0 Å². The van der Waals surface area contributed by atoms with Gasteiger partial charge < -0.3 is 10.0 Å². The first-order valence-electron chi connectivity index (χ1n) is 7.58. The molecule has 1 aromatic carbocycles. The average Bonchev–Trinajstić information content (AvgIpc) is 2.96. The van der Waals surface area contributed by atoms with Gasteiger partial charge in [-0.05, 0) is 30.4 Å². The third-order valence-corrected chi connectivity index (χ3v) is 4.38. The first-order valence-corrected chi connectivity index (χ1v) is 7.58. The van der Waals surface area contributed by atoms with Crippen molar-refractivity contribution in [2.75, 3.05) is 7.05 Å². The maximum atomic E-state index is 12.5. The zero-order chi connectivity index (χ0) is 15.4. The van der Waals surface area contributed by atoms with Gasteiger partial charge in [0.15, 0.2) is 0 Å². The molecular weight excluding hydrogens is 266 g/mol. The summed E-state index contributed by atoms with van der Waals surface area (Å²) in [5.74, 6) is -1.75. The number of carboxylic acids is 1. The summed E-state index contributed by atoms with van der Waals surface area (Å²) in [7, 11) is 1.76. The highest BCUT2D eigenvalue weighted by atomic mass is 16.4. The highest BCUT2D eigenvalue weighted by molar-refractivity contribution is 5.85. The van der Waals surface area contributed by atoms with Crippen molar-refractivity contribution in [2.24, 2.45) is 11.8 Å². The molecule has 2 rings (SSSR count). The van der Waals surface area contributed by atoms with Gasteiger partial charge in [0.25, 0.3) is 0 Å². The summed E-state index contributed by atoms with van der Waals surface area (Å²) in [5.41, 5.74) is 2.35. The van der Waals surface area contributed by atoms with E-state index in [2.05, 4.69) is 19.1 Å². The Bertz CT molecular complexity index is 509. The molecule has 0 heterocycles. The van der Waals surface area contributed by atoms with Gasteiger partial charge in [-0.15, -0.1) is 0 Å². The van der Waals surface area contributed by atoms with Crippen LogP contribution in [0.15, 0.2) is 24.3 Å². The summed E-state index contributed by atoms with van der Waals surface area (Å²) in [4.78, 5) is 25.3. The minimum Gasteiger partial charge on any atom is -0.481 e. The number of carbonyl (C=O) groups is 2. The normalized spacial score (nSPS) is 21.2. The van der Waals surface area contributed by atoms with E-state index in [9.17, 15) is 14.7 Å². The predicted octanol–water partition coefficient (Wildman–Crippen LogP) is 2.71. The SMILES string of the molecule is CCc1ccc(CN(C)C(=O)C2CCCC2C(=O)O)cc1. The Balaban J connectivity index is 2.00. The minimum absolute atomic E-state index is 0.0422. The van der Waals surface area contributed by atoms with Gasteiger partial charge in [-0.2, -0.15) is 0 Å². The maximum Gasteiger partial charge on any atom is 0.307 e. The third kappa shape index (κ3) is 3.63. The molecule has 0 spiro atoms. The van der Waals surface area contributed by atoms with Gasteiger partial charge in [0.2, 0.25) is 5.91 Å². The summed E-state index contributed by atoms with van der Waals surface area (Å²) in [6, 6.07) is 8.21. The van der Waals surface area contributed by atoms with Crippen molar-refractivity contribution in [2.45, 2.75) is 39.2 Å². The number of aliphatic carboxylic acids is 1. The van der Waals surface area contributed by atoms with Crippen molar-refractivity contribution in [1.82, 2.24) is 4.90 Å². The summed E-state index contributed by atoms with van der Waals surface area (Å²) in [5, 5.41) is 9.19. The zero-order valence-corrected chi connectivity index (χ0v) is 12.7. The Morgan fingerprint density at radius 3 is 2.29 bits per heavy atom. The Labute approximate surface area is 125 Å². The molecule has 0 aromatic heterocycles. The van der Waals surface area contributed by atoms with Crippen molar-refractivity contribution in [3.8, 4) is 0 Å². The van der Waals surface area contributed by atoms with Gasteiger partial charge in [-0.1, -0.05) is 37.6 Å². The molecule has 4 nitrogen and oxygen atoms in total. The highest BCUT2D eigenvalue weighted by Gasteiger charge is 2.38. The van der Waals surface area contributed by atoms with Crippen LogP contribution in [0.1, 0.15) is 37.3 Å². The number of carboxylic acid groups (broad SMARTS) is 1. The first kappa shape index (κ1) is 15.5. The van der Waals surface area contributed by atoms with Crippen LogP contribution in [-0.4, -0.2) is 28.9 Å². The molecule has 1 aromatic rings. The number of hydrogen-bond acceptors (Lipinski definition) is 2. The number of rotatable bonds is 5. The van der Waals surface area contributed by atoms with Gasteiger partial charge in [-0.3, -0.25) is 9.59 Å². The Kier molecular flexibility index (Phi) is 4.99. The van der Waals surface area contributed by atoms with Crippen LogP contribution in [-0.2, 0) is 22.6 Å². The minimum atomic E-state index is -0.841. The van der Waals surface area contributed by atoms with Crippen LogP contribution in [0.4, 0.5) is 0 Å². The van der Waals surface area contributed by atoms with Crippen LogP contribution >= 0.6 is 0 Å². The van der Waals surface area contributed by atoms with Crippen molar-refractivity contribution >= 4 is 11.9 Å². The Hall–Kier alpha value is -1.84. The van der Waals surface area contributed by atoms with E-state index in [-0.39, 0.29) is 11.8 Å². The lowest BCUT2D eigenvalue weighted by molar-refractivity contribution is -0.148. The van der Waals surface area contributed by atoms with E-state index >= 15 is 0 Å². The molecule has 0 aliphatic heterocycles. The van der Waals surface area contributed by atoms with Gasteiger partial charge in [0, 0.05) is 13.6 Å². The Morgan fingerprint density at radius 1 is 1.14 bits per heavy atom. The largest absolute Gasteiger partial charge is 0.481 e. The topological polar surface area (TPSA) is 57.6 Å². The summed E-state index contributed by atoms with van der Waals surface area (Å²) in [6.07, 6.45) is 3.13. The van der Waals surface area contributed by atoms with E-state index in [0.717, 1.165) is 18.4 Å². The summed E-state index contributed by atoms with van der Waals surface area (Å²) in [6.45, 7) is 2.64. The smallest absolute Gasteiger partial charge is 0.307 e. The lowest BCUT2D eigenvalue weighted by atomic mass is 9.94. The molecule has 114 valence electrons. The van der Waals surface area contributed by atoms with Gasteiger partial charge in [-0.25, -0.2) is 0 Å². The quantitative estimate of drug-likeness (QED) is 0.906. The zero-order valence-electron chi connectivity index (χ0n) is 12.7. The second-order valence-corrected chi connectivity index (χ2v) is 5.85. The number of hydrogen-bond donors (Lipinski definition) is 1. The molecule has 1 fully saturated rings. The van der Waals surface area contributed by atoms with Crippen molar-refractivity contribution in [3.05, 3.63) is 35.4 Å². The first-order chi connectivity index (χ1) is 10.0. The number of amides is 1. The lowest BCUT2D eigenvalue weighted by Crippen LogP contribution is -2.36. The molecule has 1 amide bonds. The van der Waals surface area contributed by atoms with Gasteiger partial charge in [0.05, 0.1) is 11.8 Å². The molecule has 1 aliphatic rings. The summed E-state index contributed by atoms with van der Waals surface area (Å²) < 4.78 is 0. The van der Waals surface area contributed by atoms with E-state index < -0.39 is 11.9 Å². The van der Waals surface area contributed by atoms with Gasteiger partial charge in [0.1, 0.15) is 0 Å². The van der Waals surface area contributed by atoms with E-state index in [1.807, 2.05) is 12.1 Å². The molecule has 1 saturated carbocycles. The van der Waals surface area contributed by atoms with Crippen LogP contribution in [0.3, 0.4) is 0 Å². The highest BCUT2D eigenvalue weighted by Crippen LogP contribution is 2.33. The van der Waals surface area contributed by atoms with Crippen molar-refractivity contribution in [1.29, 1.82) is 0 Å². The molecule has 4 heteroatoms. The molecule has 2 atom stereocenters. The number of benzene rings is 1. The van der Waals surface area contributed by atoms with E-state index in [0.29, 0.717) is 19.4 Å². The maximum absolute atomic E-state index is 12.5. The van der Waals surface area contributed by atoms with Crippen LogP contribution in [0.5, 0.6) is 0 Å². The van der Waals surface area contributed by atoms with Crippen LogP contribution in [0.2, 0.25) is 0 Å². The van der Waals surface area contributed by atoms with Crippen LogP contribution < -0.4 is 0 Å². The van der Waals surface area contributed by atoms with E-state index in [1.54, 1.807) is 11.9 Å². The lowest BCUT2D eigenvalue weighted by Gasteiger charge is -2.23. The molecule has 1 aliphatic carbocycles. The molecule has 1 N–H and O–H groups in total. The average molecular weight is 289 g/mol. The monoisotopic (exact) mass is 289 g/mol. The molecule has 0 bridgehead atoms. The molecule has 0 saturated heterocycles. The number of aryl methyl sites for hydroxylation is 1. The fourth-order valence-corrected chi connectivity index (χ4v) is 3.07. The summed E-state index contributed by atoms with van der Waals surface area (Å²) >= 11 is 0. The van der Waals surface area contributed by atoms with Crippen molar-refractivity contribution in [3.63, 3.8) is 0 Å². The van der Waals surface area contributed by atoms with Gasteiger partial charge >= 0.3 is 5.97 Å². The predicted molar refractivity (Wildman–Crippen MR) is 80.8 cm³/mol. The standard InChI is InChI=1S/C17H23NO3/c1-3-12-7-9-13(10-8-12)11-18(2)16(19)14-5-4-6-15(14)17(20)21/h7-10,14-15H,3-6,11H2,1-2H3,(H,20,21). The second kappa shape index (κ2) is 6.74. The molecule has 2 unspecified atom stereocenters. The Morgan fingerprint density at radius 2 is 1.71 bits per heavy atom. The fourth-order valence-electron chi connectivity index (χ4n) is 3.07. The number of nitrogens with zero attached hydrogens (tertiary/aromatic N) is 1. The van der Waals surface area contributed by atoms with E-state index in [1.165, 1.54) is 5.56 Å². The number of carbonyl (C=O) groups excluding carboxylic acids is 1. The molecule has 0 radical (unpaired) electrons. The van der Waals surface area contributed by atoms with Crippen LogP contribution in [0, 0.1) is 11.8 Å². The molecule has 21 heavy (non-hydrogen) atoms. The van der Waals surface area contributed by atoms with Crippen molar-refractivity contribution < 1.29 is 14.7 Å². The third-order valence-electron chi connectivity index (χ3n) is 4.38. The van der Waals surface area contributed by atoms with E-state index in [4.69, 9.17) is 0 Å². The second-order valence-electron chi connectivity index (χ2n) is 5.85. The molecular formula is C17H23NO3. The fraction of sp³-hybridized carbons (Fsp3) is 0.529.